The summed E-state index contributed by atoms with van der Waals surface area (Å²) in [5.74, 6) is 0.449. The zero-order chi connectivity index (χ0) is 25.1. The fourth-order valence-corrected chi connectivity index (χ4v) is 5.76. The Labute approximate surface area is 217 Å². The average Bonchev–Trinajstić information content (AvgIpc) is 2.89. The first-order valence-electron chi connectivity index (χ1n) is 12.7. The lowest BCUT2D eigenvalue weighted by Gasteiger charge is -2.42. The van der Waals surface area contributed by atoms with Gasteiger partial charge in [0, 0.05) is 17.5 Å². The highest BCUT2D eigenvalue weighted by Gasteiger charge is 2.43. The van der Waals surface area contributed by atoms with Crippen molar-refractivity contribution in [1.29, 1.82) is 0 Å². The predicted octanol–water partition coefficient (Wildman–Crippen LogP) is 5.08. The van der Waals surface area contributed by atoms with E-state index in [1.807, 2.05) is 43.3 Å². The van der Waals surface area contributed by atoms with Gasteiger partial charge < -0.3 is 5.32 Å². The fraction of sp³-hybridized carbons (Fsp3) is 0.345. The molecule has 0 amide bonds. The standard InChI is InChI=1S/C29H33N5OS/c1-20(2)18-30-28(36)33-32-27-31-25-23-14-8-7-13-22(23)17-29(15-9-4-10-16-29)24(25)26(35)34(27)19-21-11-5-3-6-12-21/h3,5-8,11-14H,1,4,9-10,15-19H2,2H3,(H,31,32)(H2,30,33,36). The Morgan fingerprint density at radius 2 is 1.81 bits per heavy atom. The van der Waals surface area contributed by atoms with Crippen LogP contribution >= 0.6 is 12.2 Å². The SMILES string of the molecule is C=C(C)CNC(=S)NNc1nc2c(c(=O)n1Cc1ccccc1)C1(CCCCC1)Cc1ccccc1-2. The van der Waals surface area contributed by atoms with E-state index in [-0.39, 0.29) is 11.0 Å². The summed E-state index contributed by atoms with van der Waals surface area (Å²) < 4.78 is 1.76. The normalized spacial score (nSPS) is 15.5. The Hall–Kier alpha value is -3.45. The van der Waals surface area contributed by atoms with Crippen molar-refractivity contribution in [3.8, 4) is 11.3 Å². The lowest BCUT2D eigenvalue weighted by Crippen LogP contribution is -2.45. The van der Waals surface area contributed by atoms with E-state index in [0.717, 1.165) is 60.1 Å². The van der Waals surface area contributed by atoms with Crippen LogP contribution in [0.2, 0.25) is 0 Å². The van der Waals surface area contributed by atoms with Crippen molar-refractivity contribution < 1.29 is 0 Å². The van der Waals surface area contributed by atoms with E-state index >= 15 is 0 Å². The zero-order valence-electron chi connectivity index (χ0n) is 20.8. The zero-order valence-corrected chi connectivity index (χ0v) is 21.6. The van der Waals surface area contributed by atoms with Crippen LogP contribution in [0.5, 0.6) is 0 Å². The third-order valence-corrected chi connectivity index (χ3v) is 7.58. The molecule has 3 aromatic rings. The number of thiocarbonyl (C=S) groups is 1. The Morgan fingerprint density at radius 3 is 2.56 bits per heavy atom. The third-order valence-electron chi connectivity index (χ3n) is 7.33. The van der Waals surface area contributed by atoms with Crippen LogP contribution in [0.4, 0.5) is 5.95 Å². The lowest BCUT2D eigenvalue weighted by molar-refractivity contribution is 0.283. The third kappa shape index (κ3) is 4.80. The molecule has 2 aliphatic rings. The maximum absolute atomic E-state index is 14.4. The first kappa shape index (κ1) is 24.3. The molecule has 7 heteroatoms. The van der Waals surface area contributed by atoms with Gasteiger partial charge in [-0.05, 0) is 49.5 Å². The van der Waals surface area contributed by atoms with Crippen LogP contribution in [0.25, 0.3) is 11.3 Å². The van der Waals surface area contributed by atoms with Crippen LogP contribution in [0, 0.1) is 0 Å². The Kier molecular flexibility index (Phi) is 6.92. The van der Waals surface area contributed by atoms with E-state index in [1.54, 1.807) is 4.57 Å². The van der Waals surface area contributed by atoms with Crippen LogP contribution in [0.3, 0.4) is 0 Å². The highest BCUT2D eigenvalue weighted by atomic mass is 32.1. The van der Waals surface area contributed by atoms with Gasteiger partial charge in [-0.25, -0.2) is 4.98 Å². The molecule has 5 rings (SSSR count). The molecule has 1 heterocycles. The quantitative estimate of drug-likeness (QED) is 0.250. The molecule has 186 valence electrons. The van der Waals surface area contributed by atoms with Crippen molar-refractivity contribution in [2.24, 2.45) is 0 Å². The number of hydrogen-bond donors (Lipinski definition) is 3. The number of hydrogen-bond acceptors (Lipinski definition) is 4. The maximum Gasteiger partial charge on any atom is 0.259 e. The van der Waals surface area contributed by atoms with Crippen molar-refractivity contribution in [1.82, 2.24) is 20.3 Å². The van der Waals surface area contributed by atoms with Crippen molar-refractivity contribution in [2.45, 2.75) is 57.4 Å². The van der Waals surface area contributed by atoms with Gasteiger partial charge in [0.05, 0.1) is 17.8 Å². The molecule has 0 saturated heterocycles. The first-order valence-corrected chi connectivity index (χ1v) is 13.1. The van der Waals surface area contributed by atoms with E-state index in [9.17, 15) is 4.79 Å². The Bertz CT molecular complexity index is 1340. The van der Waals surface area contributed by atoms with Gasteiger partial charge in [-0.15, -0.1) is 0 Å². The minimum atomic E-state index is -0.158. The molecule has 2 aromatic carbocycles. The molecule has 0 aliphatic heterocycles. The van der Waals surface area contributed by atoms with Crippen LogP contribution in [-0.2, 0) is 18.4 Å². The summed E-state index contributed by atoms with van der Waals surface area (Å²) >= 11 is 5.42. The Morgan fingerprint density at radius 1 is 1.08 bits per heavy atom. The summed E-state index contributed by atoms with van der Waals surface area (Å²) in [6.07, 6.45) is 6.46. The van der Waals surface area contributed by atoms with Crippen molar-refractivity contribution in [3.05, 3.63) is 93.8 Å². The second kappa shape index (κ2) is 10.3. The monoisotopic (exact) mass is 499 g/mol. The highest BCUT2D eigenvalue weighted by Crippen LogP contribution is 2.48. The summed E-state index contributed by atoms with van der Waals surface area (Å²) in [5.41, 5.74) is 12.1. The summed E-state index contributed by atoms with van der Waals surface area (Å²) in [5, 5.41) is 3.52. The van der Waals surface area contributed by atoms with Crippen LogP contribution in [0.1, 0.15) is 55.7 Å². The highest BCUT2D eigenvalue weighted by molar-refractivity contribution is 7.80. The van der Waals surface area contributed by atoms with Crippen LogP contribution < -0.4 is 21.7 Å². The molecule has 1 saturated carbocycles. The molecule has 0 atom stereocenters. The largest absolute Gasteiger partial charge is 0.358 e. The molecular weight excluding hydrogens is 466 g/mol. The number of fused-ring (bicyclic) bond motifs is 4. The predicted molar refractivity (Wildman–Crippen MR) is 150 cm³/mol. The molecule has 36 heavy (non-hydrogen) atoms. The molecule has 6 nitrogen and oxygen atoms in total. The average molecular weight is 500 g/mol. The number of anilines is 1. The molecule has 1 aromatic heterocycles. The second-order valence-electron chi connectivity index (χ2n) is 10.1. The summed E-state index contributed by atoms with van der Waals surface area (Å²) in [6, 6.07) is 18.4. The van der Waals surface area contributed by atoms with Gasteiger partial charge in [0.1, 0.15) is 0 Å². The number of benzene rings is 2. The van der Waals surface area contributed by atoms with Crippen molar-refractivity contribution in [2.75, 3.05) is 12.0 Å². The summed E-state index contributed by atoms with van der Waals surface area (Å²) in [4.78, 5) is 19.5. The summed E-state index contributed by atoms with van der Waals surface area (Å²) in [7, 11) is 0. The number of hydrazine groups is 1. The lowest BCUT2D eigenvalue weighted by atomic mass is 9.62. The van der Waals surface area contributed by atoms with E-state index in [0.29, 0.717) is 24.2 Å². The van der Waals surface area contributed by atoms with E-state index < -0.39 is 0 Å². The smallest absolute Gasteiger partial charge is 0.259 e. The van der Waals surface area contributed by atoms with Gasteiger partial charge in [0.15, 0.2) is 5.11 Å². The minimum Gasteiger partial charge on any atom is -0.358 e. The molecule has 0 unspecified atom stereocenters. The molecule has 0 radical (unpaired) electrons. The van der Waals surface area contributed by atoms with Gasteiger partial charge in [-0.3, -0.25) is 20.2 Å². The number of rotatable bonds is 6. The van der Waals surface area contributed by atoms with Crippen LogP contribution in [-0.4, -0.2) is 21.2 Å². The second-order valence-corrected chi connectivity index (χ2v) is 10.5. The molecule has 1 spiro atoms. The van der Waals surface area contributed by atoms with Gasteiger partial charge >= 0.3 is 0 Å². The van der Waals surface area contributed by atoms with Gasteiger partial charge in [0.25, 0.3) is 5.56 Å². The van der Waals surface area contributed by atoms with E-state index in [4.69, 9.17) is 17.2 Å². The Balaban J connectivity index is 1.63. The van der Waals surface area contributed by atoms with Crippen LogP contribution in [0.15, 0.2) is 71.5 Å². The topological polar surface area (TPSA) is 71.0 Å². The first-order chi connectivity index (χ1) is 17.5. The number of nitrogens with one attached hydrogen (secondary N) is 3. The number of nitrogens with zero attached hydrogens (tertiary/aromatic N) is 2. The minimum absolute atomic E-state index is 0.0327. The molecular formula is C29H33N5OS. The molecule has 0 bridgehead atoms. The van der Waals surface area contributed by atoms with Crippen molar-refractivity contribution in [3.63, 3.8) is 0 Å². The van der Waals surface area contributed by atoms with Crippen molar-refractivity contribution >= 4 is 23.3 Å². The molecule has 3 N–H and O–H groups in total. The maximum atomic E-state index is 14.4. The van der Waals surface area contributed by atoms with Gasteiger partial charge in [-0.2, -0.15) is 0 Å². The number of aromatic nitrogens is 2. The fourth-order valence-electron chi connectivity index (χ4n) is 5.64. The van der Waals surface area contributed by atoms with Gasteiger partial charge in [-0.1, -0.05) is 86.0 Å². The van der Waals surface area contributed by atoms with Gasteiger partial charge in [0.2, 0.25) is 5.95 Å². The molecule has 2 aliphatic carbocycles. The molecule has 1 fully saturated rings. The summed E-state index contributed by atoms with van der Waals surface area (Å²) in [6.45, 7) is 6.83. The van der Waals surface area contributed by atoms with E-state index in [1.165, 1.54) is 12.0 Å². The van der Waals surface area contributed by atoms with E-state index in [2.05, 4.69) is 40.9 Å².